The van der Waals surface area contributed by atoms with Crippen molar-refractivity contribution in [3.8, 4) is 28.4 Å². The molecule has 3 N–H and O–H groups in total. The Hall–Kier alpha value is -4.01. The third-order valence-electron chi connectivity index (χ3n) is 5.74. The molecule has 0 amide bonds. The Morgan fingerprint density at radius 3 is 2.71 bits per heavy atom. The van der Waals surface area contributed by atoms with Crippen molar-refractivity contribution in [3.05, 3.63) is 43.0 Å². The van der Waals surface area contributed by atoms with Crippen LogP contribution in [0.3, 0.4) is 0 Å². The van der Waals surface area contributed by atoms with Gasteiger partial charge in [0.2, 0.25) is 0 Å². The van der Waals surface area contributed by atoms with Crippen molar-refractivity contribution >= 4 is 27.9 Å². The molecule has 0 radical (unpaired) electrons. The van der Waals surface area contributed by atoms with Gasteiger partial charge in [0.25, 0.3) is 0 Å². The number of aromatic amines is 2. The van der Waals surface area contributed by atoms with Crippen LogP contribution in [0.15, 0.2) is 43.0 Å². The van der Waals surface area contributed by atoms with Crippen LogP contribution < -0.4 is 4.90 Å². The second-order valence-electron chi connectivity index (χ2n) is 7.79. The molecule has 0 aromatic carbocycles. The van der Waals surface area contributed by atoms with Crippen LogP contribution in [0.2, 0.25) is 0 Å². The number of hydrogen-bond acceptors (Lipinski definition) is 7. The summed E-state index contributed by atoms with van der Waals surface area (Å²) in [4.78, 5) is 23.8. The number of nitrogens with zero attached hydrogens (tertiary/aromatic N) is 6. The largest absolute Gasteiger partial charge is 0.506 e. The lowest BCUT2D eigenvalue weighted by molar-refractivity contribution is 0.473. The molecule has 6 rings (SSSR count). The minimum Gasteiger partial charge on any atom is -0.506 e. The van der Waals surface area contributed by atoms with Crippen LogP contribution in [0.4, 0.5) is 5.82 Å². The summed E-state index contributed by atoms with van der Waals surface area (Å²) < 4.78 is 0. The first-order chi connectivity index (χ1) is 15.3. The molecule has 0 unspecified atom stereocenters. The number of hydrogen-bond donors (Lipinski definition) is 3. The summed E-state index contributed by atoms with van der Waals surface area (Å²) in [6.45, 7) is 2.01. The van der Waals surface area contributed by atoms with Gasteiger partial charge in [0.15, 0.2) is 17.3 Å². The van der Waals surface area contributed by atoms with Gasteiger partial charge in [0.1, 0.15) is 17.0 Å². The first-order valence-electron chi connectivity index (χ1n) is 10.3. The minimum absolute atomic E-state index is 0.111. The highest BCUT2D eigenvalue weighted by atomic mass is 16.3. The van der Waals surface area contributed by atoms with E-state index in [0.29, 0.717) is 17.2 Å². The van der Waals surface area contributed by atoms with Gasteiger partial charge in [0.05, 0.1) is 17.1 Å². The van der Waals surface area contributed by atoms with E-state index >= 15 is 0 Å². The van der Waals surface area contributed by atoms with E-state index in [2.05, 4.69) is 35.0 Å². The van der Waals surface area contributed by atoms with Crippen molar-refractivity contribution in [1.29, 1.82) is 0 Å². The highest BCUT2D eigenvalue weighted by Crippen LogP contribution is 2.32. The molecule has 0 bridgehead atoms. The maximum atomic E-state index is 9.77. The Morgan fingerprint density at radius 2 is 1.84 bits per heavy atom. The van der Waals surface area contributed by atoms with E-state index in [0.717, 1.165) is 46.5 Å². The summed E-state index contributed by atoms with van der Waals surface area (Å²) in [5, 5.41) is 18.1. The van der Waals surface area contributed by atoms with Crippen molar-refractivity contribution in [3.63, 3.8) is 0 Å². The van der Waals surface area contributed by atoms with Crippen LogP contribution in [-0.2, 0) is 0 Å². The third-order valence-corrected chi connectivity index (χ3v) is 5.74. The first kappa shape index (κ1) is 17.8. The lowest BCUT2D eigenvalue weighted by Crippen LogP contribution is -2.30. The summed E-state index contributed by atoms with van der Waals surface area (Å²) in [6.07, 6.45) is 10.3. The average molecular weight is 412 g/mol. The molecular weight excluding hydrogens is 392 g/mol. The highest BCUT2D eigenvalue weighted by Gasteiger charge is 2.20. The van der Waals surface area contributed by atoms with E-state index in [-0.39, 0.29) is 5.75 Å². The number of aromatic nitrogens is 7. The second kappa shape index (κ2) is 7.05. The number of fused-ring (bicyclic) bond motifs is 2. The summed E-state index contributed by atoms with van der Waals surface area (Å²) in [7, 11) is 0. The van der Waals surface area contributed by atoms with Gasteiger partial charge in [-0.05, 0) is 37.5 Å². The normalized spacial score (nSPS) is 14.5. The van der Waals surface area contributed by atoms with E-state index in [1.807, 2.05) is 18.3 Å². The zero-order chi connectivity index (χ0) is 20.8. The van der Waals surface area contributed by atoms with Gasteiger partial charge in [-0.1, -0.05) is 0 Å². The molecule has 0 saturated carbocycles. The number of H-pyrrole nitrogens is 2. The number of piperidine rings is 1. The van der Waals surface area contributed by atoms with Gasteiger partial charge in [0, 0.05) is 42.8 Å². The second-order valence-corrected chi connectivity index (χ2v) is 7.79. The van der Waals surface area contributed by atoms with Crippen LogP contribution >= 0.6 is 0 Å². The van der Waals surface area contributed by atoms with Crippen molar-refractivity contribution in [1.82, 2.24) is 35.1 Å². The topological polar surface area (TPSA) is 120 Å². The third kappa shape index (κ3) is 3.05. The van der Waals surface area contributed by atoms with E-state index in [4.69, 9.17) is 4.98 Å². The maximum absolute atomic E-state index is 9.77. The lowest BCUT2D eigenvalue weighted by atomic mass is 10.1. The van der Waals surface area contributed by atoms with Crippen LogP contribution in [0.5, 0.6) is 5.75 Å². The first-order valence-corrected chi connectivity index (χ1v) is 10.3. The van der Waals surface area contributed by atoms with Crippen molar-refractivity contribution in [2.24, 2.45) is 0 Å². The number of aromatic hydroxyl groups is 1. The maximum Gasteiger partial charge on any atom is 0.159 e. The Kier molecular flexibility index (Phi) is 4.05. The molecule has 1 aliphatic rings. The van der Waals surface area contributed by atoms with E-state index in [1.54, 1.807) is 18.5 Å². The quantitative estimate of drug-likeness (QED) is 0.414. The van der Waals surface area contributed by atoms with Crippen LogP contribution in [0.1, 0.15) is 19.3 Å². The molecule has 9 heteroatoms. The van der Waals surface area contributed by atoms with Crippen LogP contribution in [0.25, 0.3) is 44.7 Å². The molecular formula is C22H20N8O. The fourth-order valence-electron chi connectivity index (χ4n) is 4.20. The van der Waals surface area contributed by atoms with E-state index in [9.17, 15) is 5.11 Å². The molecule has 1 saturated heterocycles. The molecule has 9 nitrogen and oxygen atoms in total. The zero-order valence-corrected chi connectivity index (χ0v) is 16.7. The van der Waals surface area contributed by atoms with Gasteiger partial charge >= 0.3 is 0 Å². The summed E-state index contributed by atoms with van der Waals surface area (Å²) in [6, 6.07) is 5.58. The minimum atomic E-state index is 0.111. The monoisotopic (exact) mass is 412 g/mol. The predicted molar refractivity (Wildman–Crippen MR) is 118 cm³/mol. The van der Waals surface area contributed by atoms with E-state index < -0.39 is 0 Å². The van der Waals surface area contributed by atoms with Gasteiger partial charge in [-0.15, -0.1) is 0 Å². The molecule has 6 heterocycles. The number of nitrogens with one attached hydrogen (secondary N) is 2. The molecule has 31 heavy (non-hydrogen) atoms. The number of pyridine rings is 3. The average Bonchev–Trinajstić information content (AvgIpc) is 3.43. The predicted octanol–water partition coefficient (Wildman–Crippen LogP) is 3.65. The van der Waals surface area contributed by atoms with Crippen molar-refractivity contribution in [2.45, 2.75) is 19.3 Å². The molecule has 0 atom stereocenters. The smallest absolute Gasteiger partial charge is 0.159 e. The molecule has 154 valence electrons. The lowest BCUT2D eigenvalue weighted by Gasteiger charge is -2.27. The molecule has 0 spiro atoms. The fraction of sp³-hybridized carbons (Fsp3) is 0.227. The number of rotatable bonds is 3. The van der Waals surface area contributed by atoms with Gasteiger partial charge < -0.3 is 15.0 Å². The Bertz CT molecular complexity index is 1400. The zero-order valence-electron chi connectivity index (χ0n) is 16.7. The van der Waals surface area contributed by atoms with Crippen LogP contribution in [0, 0.1) is 0 Å². The molecule has 5 aromatic rings. The molecule has 0 aliphatic carbocycles. The fourth-order valence-corrected chi connectivity index (χ4v) is 4.20. The Balaban J connectivity index is 1.46. The Morgan fingerprint density at radius 1 is 0.968 bits per heavy atom. The highest BCUT2D eigenvalue weighted by molar-refractivity contribution is 5.95. The standard InChI is InChI=1S/C22H20N8O/c31-15-8-13(10-23-12-15)14-9-16-18(28-29-20(16)25-11-14)21-26-17-4-5-24-22(19(17)27-21)30-6-2-1-3-7-30/h4-5,8-12,31H,1-3,6-7H2,(H,26,27)(H,25,28,29). The molecule has 1 aliphatic heterocycles. The molecule has 1 fully saturated rings. The summed E-state index contributed by atoms with van der Waals surface area (Å²) in [5.74, 6) is 1.70. The van der Waals surface area contributed by atoms with Crippen LogP contribution in [-0.4, -0.2) is 53.3 Å². The van der Waals surface area contributed by atoms with Gasteiger partial charge in [-0.25, -0.2) is 15.0 Å². The van der Waals surface area contributed by atoms with Gasteiger partial charge in [-0.2, -0.15) is 5.10 Å². The van der Waals surface area contributed by atoms with E-state index in [1.165, 1.54) is 25.5 Å². The number of anilines is 1. The number of imidazole rings is 1. The Labute approximate surface area is 177 Å². The summed E-state index contributed by atoms with van der Waals surface area (Å²) >= 11 is 0. The van der Waals surface area contributed by atoms with Crippen molar-refractivity contribution < 1.29 is 5.11 Å². The van der Waals surface area contributed by atoms with Crippen molar-refractivity contribution in [2.75, 3.05) is 18.0 Å². The molecule has 5 aromatic heterocycles. The SMILES string of the molecule is Oc1cncc(-c2cnc3[nH]nc(-c4nc5c(N6CCCCC6)nccc5[nH]4)c3c2)c1. The van der Waals surface area contributed by atoms with Gasteiger partial charge in [-0.3, -0.25) is 10.1 Å². The summed E-state index contributed by atoms with van der Waals surface area (Å²) in [5.41, 5.74) is 4.77.